The fraction of sp³-hybridized carbons (Fsp3) is 0.786. The maximum atomic E-state index is 5.18. The number of aromatic nitrogens is 1. The third-order valence-electron chi connectivity index (χ3n) is 4.16. The number of ether oxygens (including phenoxy) is 1. The summed E-state index contributed by atoms with van der Waals surface area (Å²) >= 11 is 1.80. The van der Waals surface area contributed by atoms with Gasteiger partial charge in [0.05, 0.1) is 12.1 Å². The topological polar surface area (TPSA) is 37.4 Å². The summed E-state index contributed by atoms with van der Waals surface area (Å²) in [4.78, 5) is 7.38. The summed E-state index contributed by atoms with van der Waals surface area (Å²) in [6.07, 6.45) is 3.93. The molecule has 2 aliphatic rings. The average Bonchev–Trinajstić information content (AvgIpc) is 3.01. The summed E-state index contributed by atoms with van der Waals surface area (Å²) in [7, 11) is 1.76. The zero-order valence-corrected chi connectivity index (χ0v) is 12.6. The molecule has 19 heavy (non-hydrogen) atoms. The van der Waals surface area contributed by atoms with Crippen LogP contribution in [0.5, 0.6) is 0 Å². The van der Waals surface area contributed by atoms with Gasteiger partial charge in [-0.25, -0.2) is 4.98 Å². The Morgan fingerprint density at radius 2 is 2.42 bits per heavy atom. The second-order valence-electron chi connectivity index (χ2n) is 5.75. The minimum absolute atomic E-state index is 0.0556. The molecule has 1 unspecified atom stereocenters. The molecule has 1 aromatic rings. The summed E-state index contributed by atoms with van der Waals surface area (Å²) in [5.41, 5.74) is 1.19. The Hall–Kier alpha value is -0.490. The molecule has 1 aromatic heterocycles. The standard InChI is InChI=1S/C14H23N3OS/c1-11-9-19-13(16-11)14(15-6-8-18-2)5-7-17(10-14)12-3-4-12/h9,12,15H,3-8,10H2,1-2H3. The van der Waals surface area contributed by atoms with Gasteiger partial charge in [0.1, 0.15) is 5.01 Å². The fourth-order valence-corrected chi connectivity index (χ4v) is 3.95. The van der Waals surface area contributed by atoms with Gasteiger partial charge in [-0.2, -0.15) is 0 Å². The van der Waals surface area contributed by atoms with Gasteiger partial charge in [0.15, 0.2) is 0 Å². The molecule has 1 atom stereocenters. The van der Waals surface area contributed by atoms with Crippen LogP contribution in [-0.2, 0) is 10.3 Å². The van der Waals surface area contributed by atoms with Crippen molar-refractivity contribution in [2.45, 2.75) is 37.8 Å². The number of nitrogens with one attached hydrogen (secondary N) is 1. The Balaban J connectivity index is 1.75. The van der Waals surface area contributed by atoms with Crippen LogP contribution in [0, 0.1) is 6.92 Å². The maximum Gasteiger partial charge on any atom is 0.114 e. The first-order chi connectivity index (χ1) is 9.23. The van der Waals surface area contributed by atoms with Crippen LogP contribution in [0.1, 0.15) is 30.0 Å². The van der Waals surface area contributed by atoms with Crippen LogP contribution >= 0.6 is 11.3 Å². The summed E-state index contributed by atoms with van der Waals surface area (Å²) in [5, 5.41) is 7.14. The lowest BCUT2D eigenvalue weighted by Crippen LogP contribution is -2.46. The van der Waals surface area contributed by atoms with Crippen molar-refractivity contribution in [3.8, 4) is 0 Å². The summed E-state index contributed by atoms with van der Waals surface area (Å²) in [6, 6.07) is 0.840. The minimum Gasteiger partial charge on any atom is -0.383 e. The highest BCUT2D eigenvalue weighted by Gasteiger charge is 2.45. The Morgan fingerprint density at radius 3 is 3.05 bits per heavy atom. The van der Waals surface area contributed by atoms with Gasteiger partial charge in [0.25, 0.3) is 0 Å². The molecule has 5 heteroatoms. The van der Waals surface area contributed by atoms with Crippen LogP contribution in [0.15, 0.2) is 5.38 Å². The van der Waals surface area contributed by atoms with Crippen LogP contribution in [0.4, 0.5) is 0 Å². The Kier molecular flexibility index (Phi) is 3.89. The van der Waals surface area contributed by atoms with Gasteiger partial charge in [-0.15, -0.1) is 11.3 Å². The number of hydrogen-bond acceptors (Lipinski definition) is 5. The van der Waals surface area contributed by atoms with Gasteiger partial charge < -0.3 is 10.1 Å². The molecule has 1 aliphatic carbocycles. The predicted molar refractivity (Wildman–Crippen MR) is 77.6 cm³/mol. The maximum absolute atomic E-state index is 5.18. The van der Waals surface area contributed by atoms with Crippen LogP contribution in [0.2, 0.25) is 0 Å². The molecule has 2 heterocycles. The van der Waals surface area contributed by atoms with Crippen molar-refractivity contribution in [1.29, 1.82) is 0 Å². The smallest absolute Gasteiger partial charge is 0.114 e. The predicted octanol–water partition coefficient (Wildman–Crippen LogP) is 1.75. The molecule has 2 fully saturated rings. The molecule has 1 saturated carbocycles. The fourth-order valence-electron chi connectivity index (χ4n) is 2.95. The van der Waals surface area contributed by atoms with Crippen LogP contribution < -0.4 is 5.32 Å². The Bertz CT molecular complexity index is 432. The van der Waals surface area contributed by atoms with Gasteiger partial charge in [-0.1, -0.05) is 0 Å². The number of thiazole rings is 1. The van der Waals surface area contributed by atoms with E-state index in [1.165, 1.54) is 30.8 Å². The van der Waals surface area contributed by atoms with Gasteiger partial charge in [0.2, 0.25) is 0 Å². The SMILES string of the molecule is COCCNC1(c2nc(C)cs2)CCN(C2CC2)C1. The molecule has 4 nitrogen and oxygen atoms in total. The molecule has 0 bridgehead atoms. The summed E-state index contributed by atoms with van der Waals surface area (Å²) < 4.78 is 5.18. The highest BCUT2D eigenvalue weighted by atomic mass is 32.1. The number of nitrogens with zero attached hydrogens (tertiary/aromatic N) is 2. The zero-order chi connectivity index (χ0) is 13.3. The van der Waals surface area contributed by atoms with E-state index in [-0.39, 0.29) is 5.54 Å². The average molecular weight is 281 g/mol. The number of hydrogen-bond donors (Lipinski definition) is 1. The van der Waals surface area contributed by atoms with Crippen molar-refractivity contribution in [1.82, 2.24) is 15.2 Å². The largest absolute Gasteiger partial charge is 0.383 e. The second-order valence-corrected chi connectivity index (χ2v) is 6.61. The molecular formula is C14H23N3OS. The normalized spacial score (nSPS) is 28.1. The molecular weight excluding hydrogens is 258 g/mol. The molecule has 106 valence electrons. The molecule has 1 N–H and O–H groups in total. The number of likely N-dealkylation sites (tertiary alicyclic amines) is 1. The summed E-state index contributed by atoms with van der Waals surface area (Å²) in [6.45, 7) is 6.04. The van der Waals surface area contributed by atoms with E-state index in [4.69, 9.17) is 9.72 Å². The van der Waals surface area contributed by atoms with E-state index in [9.17, 15) is 0 Å². The minimum atomic E-state index is 0.0556. The number of methoxy groups -OCH3 is 1. The van der Waals surface area contributed by atoms with E-state index in [2.05, 4.69) is 22.5 Å². The zero-order valence-electron chi connectivity index (χ0n) is 11.8. The van der Waals surface area contributed by atoms with Gasteiger partial charge in [0, 0.05) is 43.9 Å². The third-order valence-corrected chi connectivity index (χ3v) is 5.32. The number of rotatable bonds is 6. The van der Waals surface area contributed by atoms with Crippen molar-refractivity contribution < 1.29 is 4.74 Å². The van der Waals surface area contributed by atoms with Crippen molar-refractivity contribution >= 4 is 11.3 Å². The van der Waals surface area contributed by atoms with Crippen molar-refractivity contribution in [2.24, 2.45) is 0 Å². The van der Waals surface area contributed by atoms with Gasteiger partial charge >= 0.3 is 0 Å². The van der Waals surface area contributed by atoms with E-state index in [1.807, 2.05) is 0 Å². The van der Waals surface area contributed by atoms with E-state index in [0.29, 0.717) is 0 Å². The number of aryl methyl sites for hydroxylation is 1. The van der Waals surface area contributed by atoms with Crippen LogP contribution in [-0.4, -0.2) is 49.3 Å². The van der Waals surface area contributed by atoms with E-state index in [1.54, 1.807) is 18.4 Å². The molecule has 0 radical (unpaired) electrons. The molecule has 0 amide bonds. The first-order valence-corrected chi connectivity index (χ1v) is 8.02. The first kappa shape index (κ1) is 13.5. The van der Waals surface area contributed by atoms with Crippen LogP contribution in [0.25, 0.3) is 0 Å². The van der Waals surface area contributed by atoms with Crippen LogP contribution in [0.3, 0.4) is 0 Å². The van der Waals surface area contributed by atoms with Gasteiger partial charge in [-0.3, -0.25) is 4.90 Å². The van der Waals surface area contributed by atoms with Gasteiger partial charge in [-0.05, 0) is 26.2 Å². The highest BCUT2D eigenvalue weighted by molar-refractivity contribution is 7.09. The lowest BCUT2D eigenvalue weighted by molar-refractivity contribution is 0.181. The third kappa shape index (κ3) is 2.84. The molecule has 1 aliphatic heterocycles. The Morgan fingerprint density at radius 1 is 1.58 bits per heavy atom. The summed E-state index contributed by atoms with van der Waals surface area (Å²) in [5.74, 6) is 0. The van der Waals surface area contributed by atoms with Crippen molar-refractivity contribution in [3.05, 3.63) is 16.1 Å². The van der Waals surface area contributed by atoms with Crippen molar-refractivity contribution in [2.75, 3.05) is 33.4 Å². The Labute approximate surface area is 119 Å². The van der Waals surface area contributed by atoms with Crippen molar-refractivity contribution in [3.63, 3.8) is 0 Å². The molecule has 3 rings (SSSR count). The van der Waals surface area contributed by atoms with E-state index < -0.39 is 0 Å². The monoisotopic (exact) mass is 281 g/mol. The first-order valence-electron chi connectivity index (χ1n) is 7.14. The second kappa shape index (κ2) is 5.48. The lowest BCUT2D eigenvalue weighted by Gasteiger charge is -2.29. The van der Waals surface area contributed by atoms with E-state index >= 15 is 0 Å². The van der Waals surface area contributed by atoms with E-state index in [0.717, 1.165) is 31.4 Å². The quantitative estimate of drug-likeness (QED) is 0.806. The molecule has 0 spiro atoms. The molecule has 0 aromatic carbocycles. The lowest BCUT2D eigenvalue weighted by atomic mass is 9.99. The molecule has 1 saturated heterocycles. The highest BCUT2D eigenvalue weighted by Crippen LogP contribution is 2.39.